The Morgan fingerprint density at radius 1 is 0.905 bits per heavy atom. The van der Waals surface area contributed by atoms with Crippen molar-refractivity contribution in [3.05, 3.63) is 36.4 Å². The molecule has 0 bridgehead atoms. The molecule has 1 aliphatic rings. The predicted molar refractivity (Wildman–Crippen MR) is 152 cm³/mol. The number of hydrogen-bond donors (Lipinski definition) is 4. The number of anilines is 2. The molecule has 1 fully saturated rings. The van der Waals surface area contributed by atoms with E-state index < -0.39 is 78.4 Å². The number of benzene rings is 2. The summed E-state index contributed by atoms with van der Waals surface area (Å²) in [5.74, 6) is -1.98. The number of aliphatic hydroxyl groups is 1. The van der Waals surface area contributed by atoms with Gasteiger partial charge >= 0.3 is 0 Å². The number of sulfonamides is 2. The number of ether oxygens (including phenoxy) is 2. The summed E-state index contributed by atoms with van der Waals surface area (Å²) in [5, 5.41) is 15.4. The van der Waals surface area contributed by atoms with Crippen molar-refractivity contribution in [2.24, 2.45) is 0 Å². The summed E-state index contributed by atoms with van der Waals surface area (Å²) in [6, 6.07) is 5.87. The summed E-state index contributed by atoms with van der Waals surface area (Å²) < 4.78 is 91.5. The quantitative estimate of drug-likeness (QED) is 0.235. The van der Waals surface area contributed by atoms with Gasteiger partial charge in [0.05, 0.1) is 59.0 Å². The van der Waals surface area contributed by atoms with Crippen LogP contribution in [0, 0.1) is 0 Å². The zero-order valence-corrected chi connectivity index (χ0v) is 25.6. The molecule has 4 N–H and O–H groups in total. The highest BCUT2D eigenvalue weighted by Gasteiger charge is 2.44. The summed E-state index contributed by atoms with van der Waals surface area (Å²) in [6.07, 6.45) is -1.57. The molecule has 0 saturated carbocycles. The lowest BCUT2D eigenvalue weighted by Gasteiger charge is -2.29. The van der Waals surface area contributed by atoms with Crippen LogP contribution in [0.4, 0.5) is 11.4 Å². The Morgan fingerprint density at radius 3 is 1.86 bits per heavy atom. The predicted octanol–water partition coefficient (Wildman–Crippen LogP) is -0.252. The largest absolute Gasteiger partial charge is 0.495 e. The van der Waals surface area contributed by atoms with Crippen molar-refractivity contribution in [3.63, 3.8) is 0 Å². The van der Waals surface area contributed by atoms with Crippen LogP contribution in [0.2, 0.25) is 0 Å². The summed E-state index contributed by atoms with van der Waals surface area (Å²) in [5.41, 5.74) is 0.117. The topological polar surface area (TPSA) is 215 Å². The van der Waals surface area contributed by atoms with Crippen molar-refractivity contribution >= 4 is 53.1 Å². The van der Waals surface area contributed by atoms with E-state index in [0.717, 1.165) is 16.4 Å². The minimum Gasteiger partial charge on any atom is -0.495 e. The lowest BCUT2D eigenvalue weighted by Crippen LogP contribution is -2.49. The maximum absolute atomic E-state index is 13.8. The zero-order chi connectivity index (χ0) is 31.5. The van der Waals surface area contributed by atoms with Gasteiger partial charge < -0.3 is 25.2 Å². The second kappa shape index (κ2) is 12.9. The Bertz CT molecular complexity index is 1680. The van der Waals surface area contributed by atoms with Crippen LogP contribution in [0.15, 0.2) is 46.2 Å². The van der Waals surface area contributed by atoms with Crippen LogP contribution in [0.5, 0.6) is 11.5 Å². The number of nitrogens with zero attached hydrogens (tertiary/aromatic N) is 1. The van der Waals surface area contributed by atoms with Gasteiger partial charge in [-0.3, -0.25) is 9.59 Å². The van der Waals surface area contributed by atoms with E-state index in [-0.39, 0.29) is 32.7 Å². The van der Waals surface area contributed by atoms with Gasteiger partial charge in [0.2, 0.25) is 31.9 Å². The zero-order valence-electron chi connectivity index (χ0n) is 23.1. The first kappa shape index (κ1) is 33.2. The van der Waals surface area contributed by atoms with Crippen molar-refractivity contribution in [3.8, 4) is 11.5 Å². The molecule has 2 aromatic rings. The molecule has 3 rings (SSSR count). The van der Waals surface area contributed by atoms with E-state index in [0.29, 0.717) is 0 Å². The smallest absolute Gasteiger partial charge is 0.243 e. The van der Waals surface area contributed by atoms with E-state index in [9.17, 15) is 39.9 Å². The van der Waals surface area contributed by atoms with Gasteiger partial charge in [-0.15, -0.1) is 0 Å². The van der Waals surface area contributed by atoms with Crippen molar-refractivity contribution in [1.29, 1.82) is 0 Å². The standard InChI is InChI=1S/C24H32N4O11S3/c1-15(29)26-19-11-17(5-7-23(19)38-3)41(34,35)25-9-10-28(21-13-40(32,33)14-22(21)31)42(36,37)18-6-8-24(39-4)20(12-18)27-16(2)30/h5-8,11-12,21-22,25,31H,9-10,13-14H2,1-4H3,(H,26,29)(H,27,30)/t21-,22-/m1/s1. The van der Waals surface area contributed by atoms with Crippen LogP contribution in [-0.4, -0.2) is 97.4 Å². The molecule has 1 heterocycles. The molecule has 0 aromatic heterocycles. The fourth-order valence-corrected chi connectivity index (χ4v) is 8.96. The van der Waals surface area contributed by atoms with Gasteiger partial charge in [0.15, 0.2) is 9.84 Å². The molecular weight excluding hydrogens is 616 g/mol. The lowest BCUT2D eigenvalue weighted by atomic mass is 10.2. The minimum atomic E-state index is -4.56. The molecule has 42 heavy (non-hydrogen) atoms. The fraction of sp³-hybridized carbons (Fsp3) is 0.417. The third-order valence-electron chi connectivity index (χ3n) is 6.17. The van der Waals surface area contributed by atoms with Gasteiger partial charge in [-0.1, -0.05) is 0 Å². The minimum absolute atomic E-state index is 0.0285. The van der Waals surface area contributed by atoms with E-state index in [1.54, 1.807) is 0 Å². The second-order valence-corrected chi connectivity index (χ2v) is 15.1. The highest BCUT2D eigenvalue weighted by molar-refractivity contribution is 7.92. The number of hydrogen-bond acceptors (Lipinski definition) is 11. The third kappa shape index (κ3) is 7.75. The van der Waals surface area contributed by atoms with Gasteiger partial charge in [-0.25, -0.2) is 30.0 Å². The number of carbonyl (C=O) groups excluding carboxylic acids is 2. The van der Waals surface area contributed by atoms with Crippen LogP contribution in [0.3, 0.4) is 0 Å². The van der Waals surface area contributed by atoms with Crippen molar-refractivity contribution in [2.75, 3.05) is 49.4 Å². The maximum Gasteiger partial charge on any atom is 0.243 e. The lowest BCUT2D eigenvalue weighted by molar-refractivity contribution is -0.115. The average Bonchev–Trinajstić information content (AvgIpc) is 3.16. The molecule has 232 valence electrons. The first-order valence-corrected chi connectivity index (χ1v) is 17.1. The fourth-order valence-electron chi connectivity index (χ4n) is 4.34. The van der Waals surface area contributed by atoms with Crippen molar-refractivity contribution < 1.29 is 49.4 Å². The molecule has 0 aliphatic carbocycles. The van der Waals surface area contributed by atoms with Gasteiger partial charge in [0.1, 0.15) is 11.5 Å². The molecule has 1 saturated heterocycles. The normalized spacial score (nSPS) is 18.4. The summed E-state index contributed by atoms with van der Waals surface area (Å²) >= 11 is 0. The molecule has 2 aromatic carbocycles. The third-order valence-corrected chi connectivity index (χ3v) is 11.2. The molecule has 0 radical (unpaired) electrons. The summed E-state index contributed by atoms with van der Waals surface area (Å²) in [4.78, 5) is 22.5. The molecule has 2 amide bonds. The van der Waals surface area contributed by atoms with Crippen LogP contribution < -0.4 is 24.8 Å². The molecular formula is C24H32N4O11S3. The molecule has 0 spiro atoms. The van der Waals surface area contributed by atoms with Crippen molar-refractivity contribution in [1.82, 2.24) is 9.03 Å². The number of nitrogens with one attached hydrogen (secondary N) is 3. The molecule has 15 nitrogen and oxygen atoms in total. The monoisotopic (exact) mass is 648 g/mol. The summed E-state index contributed by atoms with van der Waals surface area (Å²) in [7, 11) is -9.97. The number of aliphatic hydroxyl groups excluding tert-OH is 1. The molecule has 18 heteroatoms. The average molecular weight is 649 g/mol. The van der Waals surface area contributed by atoms with E-state index in [4.69, 9.17) is 9.47 Å². The van der Waals surface area contributed by atoms with Crippen molar-refractivity contribution in [2.45, 2.75) is 35.8 Å². The number of rotatable bonds is 12. The van der Waals surface area contributed by atoms with E-state index >= 15 is 0 Å². The number of carbonyl (C=O) groups is 2. The highest BCUT2D eigenvalue weighted by Crippen LogP contribution is 2.32. The Kier molecular flexibility index (Phi) is 10.2. The van der Waals surface area contributed by atoms with E-state index in [1.165, 1.54) is 52.3 Å². The Labute approximate surface area is 244 Å². The van der Waals surface area contributed by atoms with Gasteiger partial charge in [-0.05, 0) is 36.4 Å². The van der Waals surface area contributed by atoms with Gasteiger partial charge in [-0.2, -0.15) is 4.31 Å². The van der Waals surface area contributed by atoms with Gasteiger partial charge in [0.25, 0.3) is 0 Å². The number of sulfone groups is 1. The van der Waals surface area contributed by atoms with E-state index in [2.05, 4.69) is 15.4 Å². The highest BCUT2D eigenvalue weighted by atomic mass is 32.2. The summed E-state index contributed by atoms with van der Waals surface area (Å²) in [6.45, 7) is 1.37. The maximum atomic E-state index is 13.8. The second-order valence-electron chi connectivity index (χ2n) is 9.31. The number of methoxy groups -OCH3 is 2. The Hall–Kier alpha value is -3.29. The van der Waals surface area contributed by atoms with E-state index in [1.807, 2.05) is 0 Å². The van der Waals surface area contributed by atoms with Gasteiger partial charge in [0, 0.05) is 26.9 Å². The van der Waals surface area contributed by atoms with Crippen LogP contribution in [-0.2, 0) is 39.5 Å². The Morgan fingerprint density at radius 2 is 1.40 bits per heavy atom. The number of amides is 2. The molecule has 2 atom stereocenters. The van der Waals surface area contributed by atoms with Crippen LogP contribution >= 0.6 is 0 Å². The Balaban J connectivity index is 1.94. The first-order chi connectivity index (χ1) is 19.5. The first-order valence-electron chi connectivity index (χ1n) is 12.3. The van der Waals surface area contributed by atoms with Crippen LogP contribution in [0.1, 0.15) is 13.8 Å². The molecule has 1 aliphatic heterocycles. The van der Waals surface area contributed by atoms with Crippen LogP contribution in [0.25, 0.3) is 0 Å². The SMILES string of the molecule is COc1ccc(S(=O)(=O)NCCN([C@@H]2CS(=O)(=O)C[C@H]2O)S(=O)(=O)c2ccc(OC)c(NC(C)=O)c2)cc1NC(C)=O. The molecule has 0 unspecified atom stereocenters.